The summed E-state index contributed by atoms with van der Waals surface area (Å²) in [6, 6.07) is 2.21. The van der Waals surface area contributed by atoms with Crippen LogP contribution in [0.4, 0.5) is 5.82 Å². The molecule has 0 amide bonds. The molecule has 0 atom stereocenters. The minimum absolute atomic E-state index is 0.899. The van der Waals surface area contributed by atoms with Gasteiger partial charge in [-0.3, -0.25) is 0 Å². The van der Waals surface area contributed by atoms with Gasteiger partial charge >= 0.3 is 0 Å². The van der Waals surface area contributed by atoms with Crippen molar-refractivity contribution in [2.24, 2.45) is 5.92 Å². The van der Waals surface area contributed by atoms with E-state index in [1.165, 1.54) is 42.8 Å². The van der Waals surface area contributed by atoms with Crippen LogP contribution in [0.15, 0.2) is 6.07 Å². The van der Waals surface area contributed by atoms with E-state index in [1.807, 2.05) is 0 Å². The SMILES string of the molecule is CCCN(CC1CC1)c1nc(C)cc(C)c1CNCC. The molecule has 3 heteroatoms. The van der Waals surface area contributed by atoms with E-state index in [0.29, 0.717) is 0 Å². The fourth-order valence-corrected chi connectivity index (χ4v) is 2.74. The molecule has 1 N–H and O–H groups in total. The smallest absolute Gasteiger partial charge is 0.133 e. The van der Waals surface area contributed by atoms with Crippen molar-refractivity contribution in [3.63, 3.8) is 0 Å². The zero-order valence-electron chi connectivity index (χ0n) is 13.5. The normalized spacial score (nSPS) is 14.6. The van der Waals surface area contributed by atoms with E-state index in [9.17, 15) is 0 Å². The van der Waals surface area contributed by atoms with Crippen LogP contribution in [0.1, 0.15) is 49.9 Å². The van der Waals surface area contributed by atoms with Crippen LogP contribution < -0.4 is 10.2 Å². The Morgan fingerprint density at radius 3 is 2.65 bits per heavy atom. The van der Waals surface area contributed by atoms with E-state index in [2.05, 4.69) is 44.0 Å². The van der Waals surface area contributed by atoms with Gasteiger partial charge in [0.2, 0.25) is 0 Å². The number of hydrogen-bond acceptors (Lipinski definition) is 3. The predicted molar refractivity (Wildman–Crippen MR) is 86.3 cm³/mol. The predicted octanol–water partition coefficient (Wildman–Crippen LogP) is 3.43. The highest BCUT2D eigenvalue weighted by atomic mass is 15.2. The fraction of sp³-hybridized carbons (Fsp3) is 0.706. The van der Waals surface area contributed by atoms with Gasteiger partial charge in [0.25, 0.3) is 0 Å². The Morgan fingerprint density at radius 1 is 1.30 bits per heavy atom. The van der Waals surface area contributed by atoms with E-state index in [4.69, 9.17) is 4.98 Å². The van der Waals surface area contributed by atoms with E-state index < -0.39 is 0 Å². The third-order valence-corrected chi connectivity index (χ3v) is 3.97. The Balaban J connectivity index is 2.28. The summed E-state index contributed by atoms with van der Waals surface area (Å²) in [5.74, 6) is 2.12. The Kier molecular flexibility index (Phi) is 5.41. The molecule has 0 spiro atoms. The van der Waals surface area contributed by atoms with Crippen LogP contribution in [0.3, 0.4) is 0 Å². The molecule has 20 heavy (non-hydrogen) atoms. The Labute approximate surface area is 123 Å². The Morgan fingerprint density at radius 2 is 2.05 bits per heavy atom. The summed E-state index contributed by atoms with van der Waals surface area (Å²) in [5.41, 5.74) is 3.88. The molecule has 112 valence electrons. The number of nitrogens with one attached hydrogen (secondary N) is 1. The van der Waals surface area contributed by atoms with Crippen molar-refractivity contribution < 1.29 is 0 Å². The van der Waals surface area contributed by atoms with Crippen molar-refractivity contribution in [2.45, 2.75) is 53.5 Å². The van der Waals surface area contributed by atoms with E-state index in [0.717, 1.165) is 31.2 Å². The number of hydrogen-bond donors (Lipinski definition) is 1. The number of pyridine rings is 1. The zero-order valence-corrected chi connectivity index (χ0v) is 13.5. The second-order valence-corrected chi connectivity index (χ2v) is 6.05. The van der Waals surface area contributed by atoms with Gasteiger partial charge in [-0.05, 0) is 57.2 Å². The minimum atomic E-state index is 0.899. The fourth-order valence-electron chi connectivity index (χ4n) is 2.74. The number of rotatable bonds is 8. The molecule has 1 aromatic heterocycles. The molecule has 0 bridgehead atoms. The number of aromatic nitrogens is 1. The van der Waals surface area contributed by atoms with Gasteiger partial charge in [-0.1, -0.05) is 13.8 Å². The largest absolute Gasteiger partial charge is 0.356 e. The Bertz CT molecular complexity index is 438. The van der Waals surface area contributed by atoms with E-state index in [1.54, 1.807) is 0 Å². The summed E-state index contributed by atoms with van der Waals surface area (Å²) < 4.78 is 0. The molecule has 0 unspecified atom stereocenters. The van der Waals surface area contributed by atoms with Crippen LogP contribution in [0, 0.1) is 19.8 Å². The van der Waals surface area contributed by atoms with Gasteiger partial charge in [0.15, 0.2) is 0 Å². The highest BCUT2D eigenvalue weighted by molar-refractivity contribution is 5.52. The average molecular weight is 275 g/mol. The van der Waals surface area contributed by atoms with Crippen LogP contribution in [0.25, 0.3) is 0 Å². The van der Waals surface area contributed by atoms with Crippen LogP contribution >= 0.6 is 0 Å². The molecular formula is C17H29N3. The minimum Gasteiger partial charge on any atom is -0.356 e. The van der Waals surface area contributed by atoms with Gasteiger partial charge in [0.05, 0.1) is 0 Å². The maximum atomic E-state index is 4.87. The molecule has 1 heterocycles. The third kappa shape index (κ3) is 3.95. The summed E-state index contributed by atoms with van der Waals surface area (Å²) in [4.78, 5) is 7.39. The second kappa shape index (κ2) is 7.07. The maximum absolute atomic E-state index is 4.87. The molecule has 2 rings (SSSR count). The summed E-state index contributed by atoms with van der Waals surface area (Å²) in [5, 5.41) is 3.46. The second-order valence-electron chi connectivity index (χ2n) is 6.05. The number of aryl methyl sites for hydroxylation is 2. The van der Waals surface area contributed by atoms with Gasteiger partial charge in [-0.25, -0.2) is 4.98 Å². The van der Waals surface area contributed by atoms with Crippen molar-refractivity contribution in [3.05, 3.63) is 22.9 Å². The topological polar surface area (TPSA) is 28.2 Å². The summed E-state index contributed by atoms with van der Waals surface area (Å²) in [6.45, 7) is 13.0. The quantitative estimate of drug-likeness (QED) is 0.788. The molecule has 3 nitrogen and oxygen atoms in total. The first-order valence-electron chi connectivity index (χ1n) is 8.08. The molecule has 0 saturated heterocycles. The summed E-state index contributed by atoms with van der Waals surface area (Å²) >= 11 is 0. The van der Waals surface area contributed by atoms with E-state index in [-0.39, 0.29) is 0 Å². The first-order valence-corrected chi connectivity index (χ1v) is 8.08. The lowest BCUT2D eigenvalue weighted by Gasteiger charge is -2.27. The van der Waals surface area contributed by atoms with Crippen LogP contribution in [0.2, 0.25) is 0 Å². The highest BCUT2D eigenvalue weighted by Gasteiger charge is 2.26. The van der Waals surface area contributed by atoms with Crippen LogP contribution in [-0.4, -0.2) is 24.6 Å². The average Bonchev–Trinajstić information content (AvgIpc) is 3.20. The first kappa shape index (κ1) is 15.3. The third-order valence-electron chi connectivity index (χ3n) is 3.97. The standard InChI is InChI=1S/C17H29N3/c1-5-9-20(12-15-7-8-15)17-16(11-18-6-2)13(3)10-14(4)19-17/h10,15,18H,5-9,11-12H2,1-4H3. The lowest BCUT2D eigenvalue weighted by atomic mass is 10.1. The van der Waals surface area contributed by atoms with Gasteiger partial charge in [0.1, 0.15) is 5.82 Å². The van der Waals surface area contributed by atoms with Gasteiger partial charge in [0, 0.05) is 30.9 Å². The van der Waals surface area contributed by atoms with Crippen molar-refractivity contribution in [1.29, 1.82) is 0 Å². The Hall–Kier alpha value is -1.09. The molecule has 0 aliphatic heterocycles. The van der Waals surface area contributed by atoms with Gasteiger partial charge in [-0.2, -0.15) is 0 Å². The highest BCUT2D eigenvalue weighted by Crippen LogP contribution is 2.32. The summed E-state index contributed by atoms with van der Waals surface area (Å²) in [7, 11) is 0. The monoisotopic (exact) mass is 275 g/mol. The number of anilines is 1. The maximum Gasteiger partial charge on any atom is 0.133 e. The molecule has 1 aliphatic carbocycles. The summed E-state index contributed by atoms with van der Waals surface area (Å²) in [6.07, 6.45) is 3.98. The van der Waals surface area contributed by atoms with Crippen molar-refractivity contribution >= 4 is 5.82 Å². The molecular weight excluding hydrogens is 246 g/mol. The molecule has 0 aromatic carbocycles. The lowest BCUT2D eigenvalue weighted by molar-refractivity contribution is 0.676. The molecule has 1 aromatic rings. The van der Waals surface area contributed by atoms with Crippen molar-refractivity contribution in [1.82, 2.24) is 10.3 Å². The van der Waals surface area contributed by atoms with Crippen LogP contribution in [0.5, 0.6) is 0 Å². The zero-order chi connectivity index (χ0) is 14.5. The van der Waals surface area contributed by atoms with Crippen molar-refractivity contribution in [3.8, 4) is 0 Å². The van der Waals surface area contributed by atoms with Gasteiger partial charge < -0.3 is 10.2 Å². The first-order chi connectivity index (χ1) is 9.65. The lowest BCUT2D eigenvalue weighted by Crippen LogP contribution is -2.30. The van der Waals surface area contributed by atoms with E-state index >= 15 is 0 Å². The molecule has 1 saturated carbocycles. The number of nitrogens with zero attached hydrogens (tertiary/aromatic N) is 2. The van der Waals surface area contributed by atoms with Crippen molar-refractivity contribution in [2.75, 3.05) is 24.5 Å². The van der Waals surface area contributed by atoms with Crippen LogP contribution in [-0.2, 0) is 6.54 Å². The molecule has 0 radical (unpaired) electrons. The molecule has 1 aliphatic rings. The van der Waals surface area contributed by atoms with Gasteiger partial charge in [-0.15, -0.1) is 0 Å². The molecule has 1 fully saturated rings.